The van der Waals surface area contributed by atoms with Crippen molar-refractivity contribution in [1.82, 2.24) is 4.31 Å². The van der Waals surface area contributed by atoms with Crippen molar-refractivity contribution < 1.29 is 12.8 Å². The first kappa shape index (κ1) is 14.9. The molecule has 2 rings (SSSR count). The maximum atomic E-state index is 13.3. The van der Waals surface area contributed by atoms with Crippen LogP contribution in [-0.2, 0) is 10.0 Å². The van der Waals surface area contributed by atoms with E-state index >= 15 is 0 Å². The Labute approximate surface area is 118 Å². The molecule has 1 heterocycles. The predicted molar refractivity (Wildman–Crippen MR) is 74.7 cm³/mol. The number of rotatable bonds is 3. The maximum absolute atomic E-state index is 13.3. The van der Waals surface area contributed by atoms with Gasteiger partial charge in [0.05, 0.1) is 10.9 Å². The normalized spacial score (nSPS) is 20.2. The molecule has 1 atom stereocenters. The van der Waals surface area contributed by atoms with E-state index in [4.69, 9.17) is 11.1 Å². The molecule has 0 amide bonds. The van der Waals surface area contributed by atoms with Gasteiger partial charge in [-0.3, -0.25) is 5.41 Å². The molecule has 1 saturated heterocycles. The number of amidine groups is 1. The molecular weight excluding hydrogens is 281 g/mol. The SMILES string of the molecule is Cc1cc(F)cc(C)c1S(=O)(=O)N1CCCC1C(=N)N. The van der Waals surface area contributed by atoms with Crippen LogP contribution in [0.25, 0.3) is 0 Å². The van der Waals surface area contributed by atoms with Crippen LogP contribution in [0.15, 0.2) is 17.0 Å². The Morgan fingerprint density at radius 3 is 2.45 bits per heavy atom. The molecule has 1 unspecified atom stereocenters. The number of nitrogens with two attached hydrogens (primary N) is 1. The quantitative estimate of drug-likeness (QED) is 0.655. The van der Waals surface area contributed by atoms with Crippen LogP contribution < -0.4 is 5.73 Å². The van der Waals surface area contributed by atoms with Gasteiger partial charge in [-0.25, -0.2) is 12.8 Å². The molecule has 0 bridgehead atoms. The monoisotopic (exact) mass is 299 g/mol. The molecule has 1 aliphatic heterocycles. The van der Waals surface area contributed by atoms with Crippen LogP contribution in [0, 0.1) is 25.1 Å². The fraction of sp³-hybridized carbons (Fsp3) is 0.462. The van der Waals surface area contributed by atoms with Gasteiger partial charge in [0.25, 0.3) is 0 Å². The number of halogens is 1. The van der Waals surface area contributed by atoms with Crippen molar-refractivity contribution >= 4 is 15.9 Å². The second-order valence-electron chi connectivity index (χ2n) is 5.10. The van der Waals surface area contributed by atoms with Crippen LogP contribution in [0.4, 0.5) is 4.39 Å². The zero-order valence-electron chi connectivity index (χ0n) is 11.5. The van der Waals surface area contributed by atoms with Gasteiger partial charge in [-0.1, -0.05) is 0 Å². The third-order valence-corrected chi connectivity index (χ3v) is 5.77. The number of benzene rings is 1. The number of nitrogens with zero attached hydrogens (tertiary/aromatic N) is 1. The van der Waals surface area contributed by atoms with Crippen molar-refractivity contribution in [2.75, 3.05) is 6.54 Å². The Hall–Kier alpha value is -1.47. The molecule has 110 valence electrons. The minimum Gasteiger partial charge on any atom is -0.386 e. The molecule has 0 aliphatic carbocycles. The summed E-state index contributed by atoms with van der Waals surface area (Å²) in [4.78, 5) is 0.118. The molecule has 1 aromatic rings. The van der Waals surface area contributed by atoms with E-state index in [1.807, 2.05) is 0 Å². The summed E-state index contributed by atoms with van der Waals surface area (Å²) >= 11 is 0. The van der Waals surface area contributed by atoms with Gasteiger partial charge < -0.3 is 5.73 Å². The average molecular weight is 299 g/mol. The van der Waals surface area contributed by atoms with Crippen molar-refractivity contribution in [3.05, 3.63) is 29.1 Å². The van der Waals surface area contributed by atoms with Crippen molar-refractivity contribution in [3.8, 4) is 0 Å². The first-order chi connectivity index (χ1) is 9.25. The standard InChI is InChI=1S/C13H18FN3O2S/c1-8-6-10(14)7-9(2)12(8)20(18,19)17-5-3-4-11(17)13(15)16/h6-7,11H,3-5H2,1-2H3,(H3,15,16). The highest BCUT2D eigenvalue weighted by molar-refractivity contribution is 7.89. The highest BCUT2D eigenvalue weighted by atomic mass is 32.2. The fourth-order valence-corrected chi connectivity index (χ4v) is 4.85. The third kappa shape index (κ3) is 2.43. The lowest BCUT2D eigenvalue weighted by Gasteiger charge is -2.24. The van der Waals surface area contributed by atoms with E-state index in [9.17, 15) is 12.8 Å². The molecule has 0 aromatic heterocycles. The van der Waals surface area contributed by atoms with Gasteiger partial charge in [0.15, 0.2) is 0 Å². The van der Waals surface area contributed by atoms with Crippen LogP contribution in [0.1, 0.15) is 24.0 Å². The maximum Gasteiger partial charge on any atom is 0.244 e. The number of hydrogen-bond donors (Lipinski definition) is 2. The van der Waals surface area contributed by atoms with Crippen LogP contribution >= 0.6 is 0 Å². The molecular formula is C13H18FN3O2S. The van der Waals surface area contributed by atoms with Crippen molar-refractivity contribution in [1.29, 1.82) is 5.41 Å². The molecule has 7 heteroatoms. The third-order valence-electron chi connectivity index (χ3n) is 3.55. The highest BCUT2D eigenvalue weighted by Gasteiger charge is 2.38. The van der Waals surface area contributed by atoms with Gasteiger partial charge in [-0.15, -0.1) is 0 Å². The van der Waals surface area contributed by atoms with E-state index in [2.05, 4.69) is 0 Å². The lowest BCUT2D eigenvalue weighted by atomic mass is 10.1. The van der Waals surface area contributed by atoms with E-state index in [-0.39, 0.29) is 10.7 Å². The largest absolute Gasteiger partial charge is 0.386 e. The summed E-state index contributed by atoms with van der Waals surface area (Å²) in [6.07, 6.45) is 1.22. The molecule has 0 radical (unpaired) electrons. The van der Waals surface area contributed by atoms with Crippen molar-refractivity contribution in [3.63, 3.8) is 0 Å². The summed E-state index contributed by atoms with van der Waals surface area (Å²) in [6, 6.07) is 1.82. The molecule has 1 aliphatic rings. The van der Waals surface area contributed by atoms with E-state index in [1.165, 1.54) is 16.4 Å². The molecule has 5 nitrogen and oxygen atoms in total. The van der Waals surface area contributed by atoms with E-state index in [0.29, 0.717) is 30.5 Å². The van der Waals surface area contributed by atoms with E-state index in [1.54, 1.807) is 13.8 Å². The van der Waals surface area contributed by atoms with E-state index < -0.39 is 21.9 Å². The Morgan fingerprint density at radius 1 is 1.40 bits per heavy atom. The molecule has 3 N–H and O–H groups in total. The van der Waals surface area contributed by atoms with Gasteiger partial charge in [0, 0.05) is 6.54 Å². The van der Waals surface area contributed by atoms with Crippen LogP contribution in [-0.4, -0.2) is 31.1 Å². The number of nitrogens with one attached hydrogen (secondary N) is 1. The Morgan fingerprint density at radius 2 is 1.95 bits per heavy atom. The Balaban J connectivity index is 2.54. The molecule has 1 fully saturated rings. The topological polar surface area (TPSA) is 87.2 Å². The predicted octanol–water partition coefficient (Wildman–Crippen LogP) is 1.53. The summed E-state index contributed by atoms with van der Waals surface area (Å²) in [5.74, 6) is -0.605. The summed E-state index contributed by atoms with van der Waals surface area (Å²) in [5.41, 5.74) is 6.22. The second kappa shape index (κ2) is 5.14. The Bertz CT molecular complexity index is 635. The summed E-state index contributed by atoms with van der Waals surface area (Å²) in [6.45, 7) is 3.48. The zero-order chi connectivity index (χ0) is 15.1. The zero-order valence-corrected chi connectivity index (χ0v) is 12.3. The van der Waals surface area contributed by atoms with Gasteiger partial charge in [0.1, 0.15) is 11.7 Å². The average Bonchev–Trinajstić information content (AvgIpc) is 2.75. The van der Waals surface area contributed by atoms with Gasteiger partial charge in [0.2, 0.25) is 10.0 Å². The first-order valence-electron chi connectivity index (χ1n) is 6.37. The lowest BCUT2D eigenvalue weighted by Crippen LogP contribution is -2.43. The Kier molecular flexibility index (Phi) is 3.84. The number of sulfonamides is 1. The van der Waals surface area contributed by atoms with Crippen LogP contribution in [0.2, 0.25) is 0 Å². The highest BCUT2D eigenvalue weighted by Crippen LogP contribution is 2.30. The van der Waals surface area contributed by atoms with E-state index in [0.717, 1.165) is 0 Å². The minimum absolute atomic E-state index is 0.118. The molecule has 0 saturated carbocycles. The van der Waals surface area contributed by atoms with Crippen LogP contribution in [0.3, 0.4) is 0 Å². The summed E-state index contributed by atoms with van der Waals surface area (Å²) < 4.78 is 40.1. The molecule has 20 heavy (non-hydrogen) atoms. The van der Waals surface area contributed by atoms with Crippen molar-refractivity contribution in [2.45, 2.75) is 37.6 Å². The smallest absolute Gasteiger partial charge is 0.244 e. The van der Waals surface area contributed by atoms with Gasteiger partial charge in [-0.2, -0.15) is 4.31 Å². The van der Waals surface area contributed by atoms with Crippen molar-refractivity contribution in [2.24, 2.45) is 5.73 Å². The molecule has 1 aromatic carbocycles. The summed E-state index contributed by atoms with van der Waals surface area (Å²) in [7, 11) is -3.77. The number of hydrogen-bond acceptors (Lipinski definition) is 3. The second-order valence-corrected chi connectivity index (χ2v) is 6.93. The van der Waals surface area contributed by atoms with Gasteiger partial charge in [-0.05, 0) is 49.9 Å². The first-order valence-corrected chi connectivity index (χ1v) is 7.81. The lowest BCUT2D eigenvalue weighted by molar-refractivity contribution is 0.442. The minimum atomic E-state index is -3.77. The van der Waals surface area contributed by atoms with Crippen LogP contribution in [0.5, 0.6) is 0 Å². The molecule has 0 spiro atoms. The fourth-order valence-electron chi connectivity index (χ4n) is 2.76. The number of aryl methyl sites for hydroxylation is 2. The van der Waals surface area contributed by atoms with Gasteiger partial charge >= 0.3 is 0 Å². The summed E-state index contributed by atoms with van der Waals surface area (Å²) in [5, 5.41) is 7.52.